The van der Waals surface area contributed by atoms with Crippen LogP contribution in [0.3, 0.4) is 0 Å². The van der Waals surface area contributed by atoms with Gasteiger partial charge in [0, 0.05) is 5.02 Å². The molecule has 17 heavy (non-hydrogen) atoms. The van der Waals surface area contributed by atoms with Crippen molar-refractivity contribution in [3.05, 3.63) is 23.2 Å². The van der Waals surface area contributed by atoms with Crippen LogP contribution in [0, 0.1) is 0 Å². The fourth-order valence-corrected chi connectivity index (χ4v) is 1.71. The van der Waals surface area contributed by atoms with E-state index in [1.54, 1.807) is 25.1 Å². The average molecular weight is 255 g/mol. The zero-order chi connectivity index (χ0) is 12.4. The normalized spacial score (nSPS) is 10.5. The first-order chi connectivity index (χ1) is 8.17. The molecule has 1 aromatic heterocycles. The number of aromatic nitrogens is 2. The number of ether oxygens (including phenoxy) is 2. The molecule has 0 saturated heterocycles. The number of hydrogen-bond acceptors (Lipinski definition) is 4. The van der Waals surface area contributed by atoms with Crippen molar-refractivity contribution in [1.29, 1.82) is 0 Å². The SMILES string of the molecule is CCOC(=O)n1nc(OC)c2cc(Cl)ccc21. The summed E-state index contributed by atoms with van der Waals surface area (Å²) in [6, 6.07) is 5.07. The third-order valence-electron chi connectivity index (χ3n) is 2.24. The molecule has 2 aromatic rings. The third-order valence-corrected chi connectivity index (χ3v) is 2.48. The minimum atomic E-state index is -0.539. The van der Waals surface area contributed by atoms with Gasteiger partial charge in [-0.3, -0.25) is 0 Å². The molecule has 0 saturated carbocycles. The standard InChI is InChI=1S/C11H11ClN2O3/c1-3-17-11(15)14-9-5-4-7(12)6-8(9)10(13-14)16-2/h4-6H,3H2,1-2H3. The lowest BCUT2D eigenvalue weighted by Gasteiger charge is -2.01. The number of carbonyl (C=O) groups is 1. The highest BCUT2D eigenvalue weighted by molar-refractivity contribution is 6.31. The Kier molecular flexibility index (Phi) is 3.19. The number of fused-ring (bicyclic) bond motifs is 1. The van der Waals surface area contributed by atoms with Crippen molar-refractivity contribution < 1.29 is 14.3 Å². The molecule has 1 aromatic carbocycles. The summed E-state index contributed by atoms with van der Waals surface area (Å²) in [7, 11) is 1.48. The largest absolute Gasteiger partial charge is 0.479 e. The van der Waals surface area contributed by atoms with Gasteiger partial charge in [-0.2, -0.15) is 4.68 Å². The van der Waals surface area contributed by atoms with Crippen LogP contribution in [-0.2, 0) is 4.74 Å². The summed E-state index contributed by atoms with van der Waals surface area (Å²) in [5.41, 5.74) is 0.602. The maximum Gasteiger partial charge on any atom is 0.435 e. The van der Waals surface area contributed by atoms with Gasteiger partial charge in [0.15, 0.2) is 0 Å². The smallest absolute Gasteiger partial charge is 0.435 e. The number of methoxy groups -OCH3 is 1. The number of carbonyl (C=O) groups excluding carboxylic acids is 1. The summed E-state index contributed by atoms with van der Waals surface area (Å²) < 4.78 is 11.2. The molecule has 0 radical (unpaired) electrons. The molecule has 0 fully saturated rings. The molecule has 2 rings (SSSR count). The predicted molar refractivity (Wildman–Crippen MR) is 63.7 cm³/mol. The van der Waals surface area contributed by atoms with E-state index >= 15 is 0 Å². The van der Waals surface area contributed by atoms with E-state index in [-0.39, 0.29) is 6.61 Å². The number of hydrogen-bond donors (Lipinski definition) is 0. The van der Waals surface area contributed by atoms with E-state index in [9.17, 15) is 4.79 Å². The number of halogens is 1. The van der Waals surface area contributed by atoms with E-state index in [2.05, 4.69) is 5.10 Å². The quantitative estimate of drug-likeness (QED) is 0.827. The summed E-state index contributed by atoms with van der Waals surface area (Å²) in [4.78, 5) is 11.7. The van der Waals surface area contributed by atoms with Gasteiger partial charge < -0.3 is 9.47 Å². The number of nitrogens with zero attached hydrogens (tertiary/aromatic N) is 2. The van der Waals surface area contributed by atoms with Gasteiger partial charge in [-0.15, -0.1) is 5.10 Å². The van der Waals surface area contributed by atoms with E-state index in [1.807, 2.05) is 0 Å². The average Bonchev–Trinajstić information content (AvgIpc) is 2.67. The number of rotatable bonds is 2. The van der Waals surface area contributed by atoms with E-state index in [0.717, 1.165) is 4.68 Å². The molecule has 1 heterocycles. The van der Waals surface area contributed by atoms with Crippen LogP contribution in [0.25, 0.3) is 10.9 Å². The lowest BCUT2D eigenvalue weighted by molar-refractivity contribution is 0.151. The van der Waals surface area contributed by atoms with Crippen molar-refractivity contribution in [2.75, 3.05) is 13.7 Å². The Balaban J connectivity index is 2.61. The molecular formula is C11H11ClN2O3. The van der Waals surface area contributed by atoms with Crippen molar-refractivity contribution in [1.82, 2.24) is 9.78 Å². The monoisotopic (exact) mass is 254 g/mol. The second-order valence-corrected chi connectivity index (χ2v) is 3.72. The van der Waals surface area contributed by atoms with Gasteiger partial charge >= 0.3 is 6.09 Å². The molecule has 5 nitrogen and oxygen atoms in total. The van der Waals surface area contributed by atoms with Crippen LogP contribution in [-0.4, -0.2) is 29.6 Å². The van der Waals surface area contributed by atoms with Crippen molar-refractivity contribution in [3.63, 3.8) is 0 Å². The lowest BCUT2D eigenvalue weighted by atomic mass is 10.2. The van der Waals surface area contributed by atoms with E-state index < -0.39 is 6.09 Å². The minimum absolute atomic E-state index is 0.288. The molecule has 6 heteroatoms. The maximum atomic E-state index is 11.7. The molecule has 0 N–H and O–H groups in total. The second kappa shape index (κ2) is 4.63. The summed E-state index contributed by atoms with van der Waals surface area (Å²) in [5, 5.41) is 5.26. The highest BCUT2D eigenvalue weighted by atomic mass is 35.5. The van der Waals surface area contributed by atoms with Gasteiger partial charge in [0.2, 0.25) is 5.88 Å². The summed E-state index contributed by atoms with van der Waals surface area (Å²) in [6.07, 6.45) is -0.539. The van der Waals surface area contributed by atoms with Gasteiger partial charge in [-0.1, -0.05) is 11.6 Å². The molecule has 0 spiro atoms. The Hall–Kier alpha value is -1.75. The number of benzene rings is 1. The minimum Gasteiger partial charge on any atom is -0.479 e. The molecule has 0 bridgehead atoms. The Bertz CT molecular complexity index is 565. The molecule has 0 atom stereocenters. The van der Waals surface area contributed by atoms with Gasteiger partial charge in [-0.05, 0) is 25.1 Å². The van der Waals surface area contributed by atoms with Crippen LogP contribution in [0.1, 0.15) is 6.92 Å². The summed E-state index contributed by atoms with van der Waals surface area (Å²) in [5.74, 6) is 0.343. The Morgan fingerprint density at radius 1 is 1.53 bits per heavy atom. The van der Waals surface area contributed by atoms with Gasteiger partial charge in [0.05, 0.1) is 24.6 Å². The summed E-state index contributed by atoms with van der Waals surface area (Å²) >= 11 is 5.89. The van der Waals surface area contributed by atoms with Crippen LogP contribution >= 0.6 is 11.6 Å². The first-order valence-corrected chi connectivity index (χ1v) is 5.44. The second-order valence-electron chi connectivity index (χ2n) is 3.28. The third kappa shape index (κ3) is 2.06. The van der Waals surface area contributed by atoms with Crippen molar-refractivity contribution in [2.45, 2.75) is 6.92 Å². The summed E-state index contributed by atoms with van der Waals surface area (Å²) in [6.45, 7) is 2.02. The zero-order valence-electron chi connectivity index (χ0n) is 9.44. The molecule has 0 amide bonds. The Morgan fingerprint density at radius 3 is 2.94 bits per heavy atom. The van der Waals surface area contributed by atoms with Crippen LogP contribution in [0.5, 0.6) is 5.88 Å². The van der Waals surface area contributed by atoms with Crippen LogP contribution < -0.4 is 4.74 Å². The maximum absolute atomic E-state index is 11.7. The topological polar surface area (TPSA) is 53.4 Å². The van der Waals surface area contributed by atoms with Crippen molar-refractivity contribution >= 4 is 28.6 Å². The van der Waals surface area contributed by atoms with Gasteiger partial charge in [0.1, 0.15) is 0 Å². The van der Waals surface area contributed by atoms with Gasteiger partial charge in [0.25, 0.3) is 0 Å². The molecule has 0 aliphatic rings. The molecule has 0 aliphatic heterocycles. The van der Waals surface area contributed by atoms with Crippen molar-refractivity contribution in [2.24, 2.45) is 0 Å². The highest BCUT2D eigenvalue weighted by Gasteiger charge is 2.16. The molecule has 0 aliphatic carbocycles. The first kappa shape index (κ1) is 11.7. The Labute approximate surface area is 103 Å². The van der Waals surface area contributed by atoms with E-state index in [4.69, 9.17) is 21.1 Å². The van der Waals surface area contributed by atoms with Crippen molar-refractivity contribution in [3.8, 4) is 5.88 Å². The fourth-order valence-electron chi connectivity index (χ4n) is 1.54. The molecular weight excluding hydrogens is 244 g/mol. The van der Waals surface area contributed by atoms with Crippen LogP contribution in [0.2, 0.25) is 5.02 Å². The fraction of sp³-hybridized carbons (Fsp3) is 0.273. The zero-order valence-corrected chi connectivity index (χ0v) is 10.2. The predicted octanol–water partition coefficient (Wildman–Crippen LogP) is 2.70. The highest BCUT2D eigenvalue weighted by Crippen LogP contribution is 2.27. The van der Waals surface area contributed by atoms with Crippen LogP contribution in [0.4, 0.5) is 4.79 Å². The molecule has 90 valence electrons. The molecule has 0 unspecified atom stereocenters. The van der Waals surface area contributed by atoms with E-state index in [0.29, 0.717) is 21.8 Å². The van der Waals surface area contributed by atoms with Crippen LogP contribution in [0.15, 0.2) is 18.2 Å². The van der Waals surface area contributed by atoms with Gasteiger partial charge in [-0.25, -0.2) is 4.79 Å². The van der Waals surface area contributed by atoms with E-state index in [1.165, 1.54) is 7.11 Å². The lowest BCUT2D eigenvalue weighted by Crippen LogP contribution is -2.14. The first-order valence-electron chi connectivity index (χ1n) is 5.06. The Morgan fingerprint density at radius 2 is 2.29 bits per heavy atom.